The molecule has 1 amide bonds. The highest BCUT2D eigenvalue weighted by Gasteiger charge is 2.11. The van der Waals surface area contributed by atoms with E-state index in [1.807, 2.05) is 31.2 Å². The Bertz CT molecular complexity index is 987. The quantitative estimate of drug-likeness (QED) is 0.640. The summed E-state index contributed by atoms with van der Waals surface area (Å²) in [5.41, 5.74) is 3.34. The van der Waals surface area contributed by atoms with Crippen molar-refractivity contribution in [3.63, 3.8) is 0 Å². The van der Waals surface area contributed by atoms with E-state index < -0.39 is 11.9 Å². The van der Waals surface area contributed by atoms with Crippen LogP contribution in [-0.2, 0) is 11.3 Å². The van der Waals surface area contributed by atoms with E-state index in [0.29, 0.717) is 23.6 Å². The van der Waals surface area contributed by atoms with Crippen LogP contribution < -0.4 is 10.6 Å². The zero-order chi connectivity index (χ0) is 19.9. The van der Waals surface area contributed by atoms with E-state index in [4.69, 9.17) is 0 Å². The van der Waals surface area contributed by atoms with Crippen molar-refractivity contribution in [2.24, 2.45) is 0 Å². The summed E-state index contributed by atoms with van der Waals surface area (Å²) in [7, 11) is 1.31. The van der Waals surface area contributed by atoms with Crippen molar-refractivity contribution in [2.45, 2.75) is 13.5 Å². The van der Waals surface area contributed by atoms with Crippen LogP contribution in [0.4, 0.5) is 11.5 Å². The van der Waals surface area contributed by atoms with Gasteiger partial charge in [-0.3, -0.25) is 4.79 Å². The maximum absolute atomic E-state index is 12.5. The SMILES string of the molecule is COC(=O)c1cccc(NC(=O)c2cc(NCc3ccc(C)cc3)ncn2)c1. The van der Waals surface area contributed by atoms with Crippen LogP contribution in [-0.4, -0.2) is 29.0 Å². The molecule has 2 N–H and O–H groups in total. The number of aryl methyl sites for hydroxylation is 1. The number of methoxy groups -OCH3 is 1. The van der Waals surface area contributed by atoms with E-state index in [-0.39, 0.29) is 5.69 Å². The molecular weight excluding hydrogens is 356 g/mol. The second-order valence-electron chi connectivity index (χ2n) is 6.15. The minimum Gasteiger partial charge on any atom is -0.465 e. The normalized spacial score (nSPS) is 10.2. The first-order chi connectivity index (χ1) is 13.5. The molecule has 0 aliphatic carbocycles. The third-order valence-electron chi connectivity index (χ3n) is 4.04. The first kappa shape index (κ1) is 19.0. The van der Waals surface area contributed by atoms with Gasteiger partial charge in [0.25, 0.3) is 5.91 Å². The third kappa shape index (κ3) is 4.91. The molecule has 0 saturated heterocycles. The number of anilines is 2. The lowest BCUT2D eigenvalue weighted by Crippen LogP contribution is -2.15. The fourth-order valence-corrected chi connectivity index (χ4v) is 2.51. The Morgan fingerprint density at radius 2 is 1.82 bits per heavy atom. The van der Waals surface area contributed by atoms with Crippen molar-refractivity contribution in [3.05, 3.63) is 83.3 Å². The molecule has 7 nitrogen and oxygen atoms in total. The maximum atomic E-state index is 12.5. The molecule has 2 aromatic carbocycles. The number of ether oxygens (including phenoxy) is 1. The molecule has 0 saturated carbocycles. The summed E-state index contributed by atoms with van der Waals surface area (Å²) in [6.07, 6.45) is 1.33. The van der Waals surface area contributed by atoms with E-state index >= 15 is 0 Å². The summed E-state index contributed by atoms with van der Waals surface area (Å²) < 4.78 is 4.69. The monoisotopic (exact) mass is 376 g/mol. The van der Waals surface area contributed by atoms with Gasteiger partial charge in [-0.25, -0.2) is 14.8 Å². The van der Waals surface area contributed by atoms with Crippen molar-refractivity contribution < 1.29 is 14.3 Å². The molecule has 142 valence electrons. The largest absolute Gasteiger partial charge is 0.465 e. The number of nitrogens with one attached hydrogen (secondary N) is 2. The zero-order valence-corrected chi connectivity index (χ0v) is 15.6. The second kappa shape index (κ2) is 8.77. The van der Waals surface area contributed by atoms with E-state index in [0.717, 1.165) is 5.56 Å². The Labute approximate surface area is 162 Å². The van der Waals surface area contributed by atoms with E-state index in [1.165, 1.54) is 19.0 Å². The van der Waals surface area contributed by atoms with Gasteiger partial charge in [-0.05, 0) is 30.7 Å². The minimum absolute atomic E-state index is 0.213. The molecule has 1 aromatic heterocycles. The van der Waals surface area contributed by atoms with Crippen LogP contribution in [0.25, 0.3) is 0 Å². The standard InChI is InChI=1S/C21H20N4O3/c1-14-6-8-15(9-7-14)12-22-19-11-18(23-13-24-19)20(26)25-17-5-3-4-16(10-17)21(27)28-2/h3-11,13H,12H2,1-2H3,(H,25,26)(H,22,23,24). The van der Waals surface area contributed by atoms with Gasteiger partial charge in [0, 0.05) is 18.3 Å². The van der Waals surface area contributed by atoms with Gasteiger partial charge in [-0.15, -0.1) is 0 Å². The molecule has 3 rings (SSSR count). The Morgan fingerprint density at radius 1 is 1.04 bits per heavy atom. The number of esters is 1. The van der Waals surface area contributed by atoms with Gasteiger partial charge in [-0.1, -0.05) is 35.9 Å². The van der Waals surface area contributed by atoms with Gasteiger partial charge in [0.2, 0.25) is 0 Å². The van der Waals surface area contributed by atoms with Crippen molar-refractivity contribution in [1.29, 1.82) is 0 Å². The van der Waals surface area contributed by atoms with Crippen LogP contribution in [0.2, 0.25) is 0 Å². The third-order valence-corrected chi connectivity index (χ3v) is 4.04. The number of nitrogens with zero attached hydrogens (tertiary/aromatic N) is 2. The molecular formula is C21H20N4O3. The Morgan fingerprint density at radius 3 is 2.57 bits per heavy atom. The molecule has 0 aliphatic heterocycles. The molecule has 7 heteroatoms. The molecule has 0 fully saturated rings. The number of hydrogen-bond acceptors (Lipinski definition) is 6. The van der Waals surface area contributed by atoms with Gasteiger partial charge in [-0.2, -0.15) is 0 Å². The molecule has 1 heterocycles. The molecule has 0 unspecified atom stereocenters. The molecule has 0 radical (unpaired) electrons. The maximum Gasteiger partial charge on any atom is 0.337 e. The van der Waals surface area contributed by atoms with Gasteiger partial charge < -0.3 is 15.4 Å². The van der Waals surface area contributed by atoms with Gasteiger partial charge in [0.05, 0.1) is 12.7 Å². The number of carbonyl (C=O) groups is 2. The summed E-state index contributed by atoms with van der Waals surface area (Å²) in [5, 5.41) is 5.90. The summed E-state index contributed by atoms with van der Waals surface area (Å²) in [6.45, 7) is 2.62. The highest BCUT2D eigenvalue weighted by molar-refractivity contribution is 6.03. The number of benzene rings is 2. The van der Waals surface area contributed by atoms with E-state index in [1.54, 1.807) is 30.3 Å². The average molecular weight is 376 g/mol. The van der Waals surface area contributed by atoms with Gasteiger partial charge in [0.15, 0.2) is 0 Å². The fraction of sp³-hybridized carbons (Fsp3) is 0.143. The smallest absolute Gasteiger partial charge is 0.337 e. The number of hydrogen-bond donors (Lipinski definition) is 2. The fourth-order valence-electron chi connectivity index (χ4n) is 2.51. The highest BCUT2D eigenvalue weighted by Crippen LogP contribution is 2.14. The number of carbonyl (C=O) groups excluding carboxylic acids is 2. The Hall–Kier alpha value is -3.74. The van der Waals surface area contributed by atoms with Crippen LogP contribution in [0.1, 0.15) is 32.0 Å². The number of rotatable bonds is 6. The van der Waals surface area contributed by atoms with Crippen LogP contribution in [0.15, 0.2) is 60.9 Å². The molecule has 28 heavy (non-hydrogen) atoms. The lowest BCUT2D eigenvalue weighted by atomic mass is 10.1. The first-order valence-corrected chi connectivity index (χ1v) is 8.66. The van der Waals surface area contributed by atoms with Crippen LogP contribution in [0, 0.1) is 6.92 Å². The predicted molar refractivity (Wildman–Crippen MR) is 106 cm³/mol. The number of amides is 1. The first-order valence-electron chi connectivity index (χ1n) is 8.66. The molecule has 0 spiro atoms. The predicted octanol–water partition coefficient (Wildman–Crippen LogP) is 3.44. The summed E-state index contributed by atoms with van der Waals surface area (Å²) in [4.78, 5) is 32.3. The zero-order valence-electron chi connectivity index (χ0n) is 15.6. The van der Waals surface area contributed by atoms with Crippen molar-refractivity contribution in [1.82, 2.24) is 9.97 Å². The Balaban J connectivity index is 1.66. The molecule has 0 bridgehead atoms. The lowest BCUT2D eigenvalue weighted by molar-refractivity contribution is 0.0600. The molecule has 3 aromatic rings. The van der Waals surface area contributed by atoms with Crippen LogP contribution in [0.5, 0.6) is 0 Å². The topological polar surface area (TPSA) is 93.2 Å². The van der Waals surface area contributed by atoms with Gasteiger partial charge >= 0.3 is 5.97 Å². The van der Waals surface area contributed by atoms with Gasteiger partial charge in [0.1, 0.15) is 17.8 Å². The van der Waals surface area contributed by atoms with Crippen molar-refractivity contribution in [2.75, 3.05) is 17.7 Å². The lowest BCUT2D eigenvalue weighted by Gasteiger charge is -2.09. The summed E-state index contributed by atoms with van der Waals surface area (Å²) in [5.74, 6) is -0.326. The number of aromatic nitrogens is 2. The molecule has 0 aliphatic rings. The van der Waals surface area contributed by atoms with E-state index in [2.05, 4.69) is 25.3 Å². The van der Waals surface area contributed by atoms with Crippen molar-refractivity contribution in [3.8, 4) is 0 Å². The van der Waals surface area contributed by atoms with Crippen LogP contribution >= 0.6 is 0 Å². The van der Waals surface area contributed by atoms with Crippen LogP contribution in [0.3, 0.4) is 0 Å². The summed E-state index contributed by atoms with van der Waals surface area (Å²) >= 11 is 0. The summed E-state index contributed by atoms with van der Waals surface area (Å²) in [6, 6.07) is 16.2. The Kier molecular flexibility index (Phi) is 5.96. The minimum atomic E-state index is -0.472. The van der Waals surface area contributed by atoms with E-state index in [9.17, 15) is 9.59 Å². The molecule has 0 atom stereocenters. The van der Waals surface area contributed by atoms with Crippen molar-refractivity contribution >= 4 is 23.4 Å². The highest BCUT2D eigenvalue weighted by atomic mass is 16.5. The average Bonchev–Trinajstić information content (AvgIpc) is 2.73. The second-order valence-corrected chi connectivity index (χ2v) is 6.15.